The Morgan fingerprint density at radius 2 is 2.04 bits per heavy atom. The maximum atomic E-state index is 14.6. The average Bonchev–Trinajstić information content (AvgIpc) is 2.93. The second kappa shape index (κ2) is 7.08. The summed E-state index contributed by atoms with van der Waals surface area (Å²) in [5.41, 5.74) is 0.641. The summed E-state index contributed by atoms with van der Waals surface area (Å²) in [6.45, 7) is 2.70. The molecule has 0 N–H and O–H groups in total. The summed E-state index contributed by atoms with van der Waals surface area (Å²) < 4.78 is 25.8. The minimum absolute atomic E-state index is 0.0608. The number of amides is 1. The molecule has 6 heteroatoms. The van der Waals surface area contributed by atoms with E-state index in [4.69, 9.17) is 9.47 Å². The van der Waals surface area contributed by atoms with E-state index in [0.717, 1.165) is 19.3 Å². The van der Waals surface area contributed by atoms with E-state index in [1.807, 2.05) is 0 Å². The highest BCUT2D eigenvalue weighted by molar-refractivity contribution is 6.11. The van der Waals surface area contributed by atoms with Crippen LogP contribution < -0.4 is 0 Å². The molecule has 5 nitrogen and oxygen atoms in total. The number of hydrogen-bond donors (Lipinski definition) is 0. The van der Waals surface area contributed by atoms with Crippen LogP contribution in [0.15, 0.2) is 35.6 Å². The first-order valence-electron chi connectivity index (χ1n) is 9.52. The lowest BCUT2D eigenvalue weighted by atomic mass is 9.74. The van der Waals surface area contributed by atoms with Crippen molar-refractivity contribution in [2.45, 2.75) is 38.3 Å². The van der Waals surface area contributed by atoms with Gasteiger partial charge in [-0.05, 0) is 31.2 Å². The smallest absolute Gasteiger partial charge is 0.290 e. The van der Waals surface area contributed by atoms with Crippen LogP contribution in [0.4, 0.5) is 4.39 Å². The Hall–Kier alpha value is -2.21. The largest absolute Gasteiger partial charge is 0.483 e. The van der Waals surface area contributed by atoms with Crippen LogP contribution in [0.3, 0.4) is 0 Å². The van der Waals surface area contributed by atoms with Crippen LogP contribution in [0.2, 0.25) is 0 Å². The van der Waals surface area contributed by atoms with Gasteiger partial charge in [-0.15, -0.1) is 0 Å². The van der Waals surface area contributed by atoms with Crippen molar-refractivity contribution in [3.05, 3.63) is 47.0 Å². The first-order chi connectivity index (χ1) is 13.0. The number of rotatable bonds is 4. The van der Waals surface area contributed by atoms with Gasteiger partial charge in [-0.25, -0.2) is 4.39 Å². The number of methoxy groups -OCH3 is 1. The van der Waals surface area contributed by atoms with Gasteiger partial charge in [0.15, 0.2) is 11.5 Å². The van der Waals surface area contributed by atoms with Gasteiger partial charge in [0.2, 0.25) is 0 Å². The third-order valence-electron chi connectivity index (χ3n) is 5.94. The molecule has 0 bridgehead atoms. The molecule has 4 atom stereocenters. The number of fused-ring (bicyclic) bond motifs is 1. The zero-order valence-electron chi connectivity index (χ0n) is 15.6. The number of ether oxygens (including phenoxy) is 2. The summed E-state index contributed by atoms with van der Waals surface area (Å²) in [5, 5.41) is 0. The van der Waals surface area contributed by atoms with Crippen LogP contribution in [0.25, 0.3) is 0 Å². The number of carbonyl (C=O) groups is 2. The summed E-state index contributed by atoms with van der Waals surface area (Å²) in [5.74, 6) is -0.542. The molecule has 0 saturated heterocycles. The zero-order chi connectivity index (χ0) is 19.1. The molecule has 144 valence electrons. The fraction of sp³-hybridized carbons (Fsp3) is 0.524. The third-order valence-corrected chi connectivity index (χ3v) is 5.94. The molecule has 1 amide bonds. The van der Waals surface area contributed by atoms with Gasteiger partial charge in [-0.2, -0.15) is 0 Å². The van der Waals surface area contributed by atoms with Crippen molar-refractivity contribution in [3.63, 3.8) is 0 Å². The van der Waals surface area contributed by atoms with Crippen LogP contribution >= 0.6 is 0 Å². The Kier molecular flexibility index (Phi) is 4.76. The van der Waals surface area contributed by atoms with Crippen LogP contribution in [0, 0.1) is 17.7 Å². The summed E-state index contributed by atoms with van der Waals surface area (Å²) in [7, 11) is 1.55. The Labute approximate surface area is 158 Å². The van der Waals surface area contributed by atoms with E-state index in [-0.39, 0.29) is 36.0 Å². The first kappa shape index (κ1) is 18.2. The molecule has 0 spiro atoms. The highest BCUT2D eigenvalue weighted by Crippen LogP contribution is 2.47. The summed E-state index contributed by atoms with van der Waals surface area (Å²) in [6, 6.07) is 5.55. The molecule has 0 radical (unpaired) electrons. The topological polar surface area (TPSA) is 55.8 Å². The standard InChI is InChI=1S/C21H24FNO4/c1-12-7-8-16-14(11-12)19(24)17-18(13-5-3-4-6-15(13)22)23(9-10-26-2)21(25)20(17)27-16/h3-6,12,14,16,18H,7-11H2,1-2H3. The number of halogens is 1. The van der Waals surface area contributed by atoms with Crippen molar-refractivity contribution in [1.82, 2.24) is 4.90 Å². The summed E-state index contributed by atoms with van der Waals surface area (Å²) >= 11 is 0. The van der Waals surface area contributed by atoms with Crippen LogP contribution in [-0.4, -0.2) is 43.0 Å². The monoisotopic (exact) mass is 373 g/mol. The van der Waals surface area contributed by atoms with E-state index in [1.165, 1.54) is 11.0 Å². The van der Waals surface area contributed by atoms with E-state index in [0.29, 0.717) is 23.7 Å². The number of nitrogens with zero attached hydrogens (tertiary/aromatic N) is 1. The van der Waals surface area contributed by atoms with E-state index >= 15 is 0 Å². The van der Waals surface area contributed by atoms with Gasteiger partial charge in [-0.3, -0.25) is 9.59 Å². The molecule has 27 heavy (non-hydrogen) atoms. The Morgan fingerprint density at radius 1 is 1.26 bits per heavy atom. The molecule has 0 aromatic heterocycles. The maximum Gasteiger partial charge on any atom is 0.290 e. The second-order valence-electron chi connectivity index (χ2n) is 7.70. The highest BCUT2D eigenvalue weighted by atomic mass is 19.1. The van der Waals surface area contributed by atoms with E-state index < -0.39 is 11.9 Å². The molecule has 1 aliphatic carbocycles. The highest BCUT2D eigenvalue weighted by Gasteiger charge is 2.52. The SMILES string of the molecule is COCCN1C(=O)C2=C(C(=O)C3CC(C)CCC3O2)C1c1ccccc1F. The van der Waals surface area contributed by atoms with Gasteiger partial charge in [-0.1, -0.05) is 25.1 Å². The van der Waals surface area contributed by atoms with Gasteiger partial charge in [0.05, 0.1) is 24.1 Å². The first-order valence-corrected chi connectivity index (χ1v) is 9.52. The van der Waals surface area contributed by atoms with Crippen LogP contribution in [-0.2, 0) is 19.1 Å². The Bertz CT molecular complexity index is 805. The fourth-order valence-electron chi connectivity index (χ4n) is 4.57. The molecular formula is C21H24FNO4. The lowest BCUT2D eigenvalue weighted by Gasteiger charge is -2.37. The van der Waals surface area contributed by atoms with Crippen LogP contribution in [0.1, 0.15) is 37.8 Å². The summed E-state index contributed by atoms with van der Waals surface area (Å²) in [6.07, 6.45) is 2.25. The minimum Gasteiger partial charge on any atom is -0.483 e. The van der Waals surface area contributed by atoms with E-state index in [9.17, 15) is 14.0 Å². The molecule has 1 fully saturated rings. The van der Waals surface area contributed by atoms with Crippen molar-refractivity contribution in [3.8, 4) is 0 Å². The fourth-order valence-corrected chi connectivity index (χ4v) is 4.57. The third kappa shape index (κ3) is 2.96. The number of ketones is 1. The maximum absolute atomic E-state index is 14.6. The summed E-state index contributed by atoms with van der Waals surface area (Å²) in [4.78, 5) is 27.9. The van der Waals surface area contributed by atoms with Crippen molar-refractivity contribution in [2.24, 2.45) is 11.8 Å². The molecule has 1 aromatic rings. The van der Waals surface area contributed by atoms with Crippen molar-refractivity contribution in [2.75, 3.05) is 20.3 Å². The zero-order valence-corrected chi connectivity index (χ0v) is 15.6. The molecule has 2 heterocycles. The number of Topliss-reactive ketones (excluding diaryl/α,β-unsaturated/α-hetero) is 1. The number of benzene rings is 1. The molecule has 3 aliphatic rings. The molecule has 1 aromatic carbocycles. The molecule has 1 saturated carbocycles. The van der Waals surface area contributed by atoms with Gasteiger partial charge < -0.3 is 14.4 Å². The molecular weight excluding hydrogens is 349 g/mol. The molecule has 2 aliphatic heterocycles. The number of hydrogen-bond acceptors (Lipinski definition) is 4. The normalized spacial score (nSPS) is 30.3. The van der Waals surface area contributed by atoms with Gasteiger partial charge in [0, 0.05) is 19.2 Å². The van der Waals surface area contributed by atoms with Gasteiger partial charge >= 0.3 is 0 Å². The van der Waals surface area contributed by atoms with Crippen molar-refractivity contribution < 1.29 is 23.5 Å². The van der Waals surface area contributed by atoms with Crippen molar-refractivity contribution >= 4 is 11.7 Å². The lowest BCUT2D eigenvalue weighted by Crippen LogP contribution is -2.41. The Balaban J connectivity index is 1.78. The van der Waals surface area contributed by atoms with E-state index in [2.05, 4.69) is 6.92 Å². The predicted molar refractivity (Wildman–Crippen MR) is 96.1 cm³/mol. The van der Waals surface area contributed by atoms with E-state index in [1.54, 1.807) is 25.3 Å². The second-order valence-corrected chi connectivity index (χ2v) is 7.70. The van der Waals surface area contributed by atoms with Crippen molar-refractivity contribution in [1.29, 1.82) is 0 Å². The predicted octanol–water partition coefficient (Wildman–Crippen LogP) is 3.01. The van der Waals surface area contributed by atoms with Gasteiger partial charge in [0.25, 0.3) is 5.91 Å². The number of carbonyl (C=O) groups excluding carboxylic acids is 2. The molecule has 4 unspecified atom stereocenters. The minimum atomic E-state index is -0.755. The Morgan fingerprint density at radius 3 is 2.78 bits per heavy atom. The average molecular weight is 373 g/mol. The van der Waals surface area contributed by atoms with Gasteiger partial charge in [0.1, 0.15) is 11.9 Å². The van der Waals surface area contributed by atoms with Crippen LogP contribution in [0.5, 0.6) is 0 Å². The lowest BCUT2D eigenvalue weighted by molar-refractivity contribution is -0.136. The molecule has 4 rings (SSSR count). The quantitative estimate of drug-likeness (QED) is 0.814.